The van der Waals surface area contributed by atoms with Gasteiger partial charge in [-0.05, 0) is 12.5 Å². The van der Waals surface area contributed by atoms with E-state index in [1.54, 1.807) is 11.0 Å². The zero-order valence-electron chi connectivity index (χ0n) is 16.1. The third kappa shape index (κ3) is 3.75. The van der Waals surface area contributed by atoms with Crippen LogP contribution in [-0.2, 0) is 14.4 Å². The minimum Gasteiger partial charge on any atom is -0.311 e. The molecule has 0 bridgehead atoms. The highest BCUT2D eigenvalue weighted by molar-refractivity contribution is 6.16. The molecular formula is C20H21N5O3. The van der Waals surface area contributed by atoms with Gasteiger partial charge in [0.2, 0.25) is 17.7 Å². The van der Waals surface area contributed by atoms with Gasteiger partial charge in [0.05, 0.1) is 17.4 Å². The fourth-order valence-electron chi connectivity index (χ4n) is 3.22. The lowest BCUT2D eigenvalue weighted by atomic mass is 9.99. The molecule has 1 aliphatic heterocycles. The number of nitrogens with zero attached hydrogens (tertiary/aromatic N) is 3. The van der Waals surface area contributed by atoms with E-state index in [1.807, 2.05) is 37.3 Å². The highest BCUT2D eigenvalue weighted by Gasteiger charge is 2.33. The molecule has 0 saturated heterocycles. The lowest BCUT2D eigenvalue weighted by Crippen LogP contribution is -2.44. The van der Waals surface area contributed by atoms with Gasteiger partial charge in [0, 0.05) is 26.8 Å². The maximum absolute atomic E-state index is 12.5. The van der Waals surface area contributed by atoms with Crippen LogP contribution in [0.3, 0.4) is 0 Å². The average molecular weight is 379 g/mol. The molecule has 1 aromatic heterocycles. The fraction of sp³-hybridized carbons (Fsp3) is 0.250. The Morgan fingerprint density at radius 1 is 1.00 bits per heavy atom. The van der Waals surface area contributed by atoms with Crippen LogP contribution in [-0.4, -0.2) is 34.5 Å². The number of aromatic nitrogens is 1. The summed E-state index contributed by atoms with van der Waals surface area (Å²) in [6.45, 7) is 6.06. The molecular weight excluding hydrogens is 358 g/mol. The van der Waals surface area contributed by atoms with Crippen molar-refractivity contribution in [3.05, 3.63) is 42.0 Å². The molecule has 0 aliphatic carbocycles. The molecule has 0 saturated carbocycles. The fourth-order valence-corrected chi connectivity index (χ4v) is 3.22. The summed E-state index contributed by atoms with van der Waals surface area (Å²) in [4.78, 5) is 46.3. The highest BCUT2D eigenvalue weighted by Crippen LogP contribution is 2.42. The summed E-state index contributed by atoms with van der Waals surface area (Å²) in [5, 5.41) is 5.24. The van der Waals surface area contributed by atoms with Crippen LogP contribution in [0.5, 0.6) is 0 Å². The van der Waals surface area contributed by atoms with Crippen LogP contribution in [0.4, 0.5) is 23.0 Å². The van der Waals surface area contributed by atoms with Gasteiger partial charge in [-0.15, -0.1) is 0 Å². The van der Waals surface area contributed by atoms with E-state index in [-0.39, 0.29) is 35.4 Å². The first-order valence-electron chi connectivity index (χ1n) is 8.82. The molecule has 1 aromatic carbocycles. The summed E-state index contributed by atoms with van der Waals surface area (Å²) in [6.07, 6.45) is 0. The second kappa shape index (κ2) is 7.59. The summed E-state index contributed by atoms with van der Waals surface area (Å²) in [5.74, 6) is -0.426. The average Bonchev–Trinajstić information content (AvgIpc) is 2.60. The second-order valence-corrected chi connectivity index (χ2v) is 6.51. The third-order valence-corrected chi connectivity index (χ3v) is 4.25. The Morgan fingerprint density at radius 3 is 2.21 bits per heavy atom. The number of fused-ring (bicyclic) bond motifs is 1. The Labute approximate surface area is 162 Å². The summed E-state index contributed by atoms with van der Waals surface area (Å²) in [7, 11) is 0. The van der Waals surface area contributed by atoms with E-state index in [1.165, 1.54) is 20.8 Å². The summed E-state index contributed by atoms with van der Waals surface area (Å²) in [6, 6.07) is 10.8. The van der Waals surface area contributed by atoms with Gasteiger partial charge in [0.1, 0.15) is 11.5 Å². The molecule has 0 spiro atoms. The number of pyridine rings is 1. The molecule has 0 radical (unpaired) electrons. The van der Waals surface area contributed by atoms with Gasteiger partial charge in [-0.1, -0.05) is 30.3 Å². The van der Waals surface area contributed by atoms with Crippen LogP contribution < -0.4 is 15.5 Å². The second-order valence-electron chi connectivity index (χ2n) is 6.51. The van der Waals surface area contributed by atoms with Crippen molar-refractivity contribution in [2.45, 2.75) is 33.7 Å². The normalized spacial score (nSPS) is 15.4. The van der Waals surface area contributed by atoms with Gasteiger partial charge in [-0.2, -0.15) is 0 Å². The van der Waals surface area contributed by atoms with Crippen LogP contribution in [0, 0.1) is 0 Å². The lowest BCUT2D eigenvalue weighted by molar-refractivity contribution is -0.117. The third-order valence-electron chi connectivity index (χ3n) is 4.25. The van der Waals surface area contributed by atoms with Gasteiger partial charge < -0.3 is 15.5 Å². The highest BCUT2D eigenvalue weighted by atomic mass is 16.2. The van der Waals surface area contributed by atoms with Crippen molar-refractivity contribution in [2.75, 3.05) is 15.5 Å². The van der Waals surface area contributed by atoms with Gasteiger partial charge in [0.15, 0.2) is 5.82 Å². The number of anilines is 3. The smallest absolute Gasteiger partial charge is 0.224 e. The molecule has 1 atom stereocenters. The minimum absolute atomic E-state index is 0.181. The van der Waals surface area contributed by atoms with Crippen molar-refractivity contribution in [3.8, 4) is 0 Å². The molecule has 2 N–H and O–H groups in total. The SMILES string of the molecule is CC(=O)Nc1cc2c(c(NC(C)=O)n1)N=C(c1ccccc1)C(C)N2C(C)=O. The Morgan fingerprint density at radius 2 is 1.64 bits per heavy atom. The van der Waals surface area contributed by atoms with Crippen molar-refractivity contribution >= 4 is 46.4 Å². The number of hydrogen-bond acceptors (Lipinski definition) is 5. The first-order chi connectivity index (χ1) is 13.3. The van der Waals surface area contributed by atoms with E-state index in [2.05, 4.69) is 15.6 Å². The van der Waals surface area contributed by atoms with E-state index in [0.717, 1.165) is 5.56 Å². The first kappa shape index (κ1) is 19.2. The maximum Gasteiger partial charge on any atom is 0.224 e. The van der Waals surface area contributed by atoms with E-state index in [0.29, 0.717) is 17.1 Å². The maximum atomic E-state index is 12.5. The number of aliphatic imine (C=N–C) groups is 1. The van der Waals surface area contributed by atoms with Crippen molar-refractivity contribution in [1.29, 1.82) is 0 Å². The molecule has 0 fully saturated rings. The lowest BCUT2D eigenvalue weighted by Gasteiger charge is -2.35. The van der Waals surface area contributed by atoms with Crippen LogP contribution in [0.1, 0.15) is 33.3 Å². The van der Waals surface area contributed by atoms with Crippen LogP contribution in [0.15, 0.2) is 41.4 Å². The summed E-state index contributed by atoms with van der Waals surface area (Å²) in [5.41, 5.74) is 2.40. The molecule has 3 rings (SSSR count). The predicted octanol–water partition coefficient (Wildman–Crippen LogP) is 2.87. The van der Waals surface area contributed by atoms with E-state index >= 15 is 0 Å². The number of carbonyl (C=O) groups is 3. The van der Waals surface area contributed by atoms with Gasteiger partial charge >= 0.3 is 0 Å². The molecule has 2 heterocycles. The number of rotatable bonds is 3. The number of nitrogens with one attached hydrogen (secondary N) is 2. The number of carbonyl (C=O) groups excluding carboxylic acids is 3. The number of benzene rings is 1. The molecule has 1 aliphatic rings. The summed E-state index contributed by atoms with van der Waals surface area (Å²) >= 11 is 0. The van der Waals surface area contributed by atoms with Crippen LogP contribution in [0.25, 0.3) is 0 Å². The van der Waals surface area contributed by atoms with E-state index < -0.39 is 0 Å². The Kier molecular flexibility index (Phi) is 5.21. The predicted molar refractivity (Wildman–Crippen MR) is 108 cm³/mol. The number of hydrogen-bond donors (Lipinski definition) is 2. The zero-order chi connectivity index (χ0) is 20.4. The quantitative estimate of drug-likeness (QED) is 0.856. The van der Waals surface area contributed by atoms with Crippen molar-refractivity contribution < 1.29 is 14.4 Å². The molecule has 144 valence electrons. The van der Waals surface area contributed by atoms with Crippen molar-refractivity contribution in [2.24, 2.45) is 4.99 Å². The monoisotopic (exact) mass is 379 g/mol. The van der Waals surface area contributed by atoms with E-state index in [4.69, 9.17) is 4.99 Å². The van der Waals surface area contributed by atoms with Gasteiger partial charge in [-0.25, -0.2) is 9.98 Å². The van der Waals surface area contributed by atoms with Crippen molar-refractivity contribution in [1.82, 2.24) is 4.98 Å². The molecule has 3 amide bonds. The molecule has 8 nitrogen and oxygen atoms in total. The molecule has 1 unspecified atom stereocenters. The van der Waals surface area contributed by atoms with Gasteiger partial charge in [-0.3, -0.25) is 14.4 Å². The standard InChI is InChI=1S/C20H21N5O3/c1-11-18(15-8-6-5-7-9-15)24-19-16(25(11)14(4)28)10-17(21-12(2)26)23-20(19)22-13(3)27/h5-11H,1-4H3,(H2,21,22,23,26,27). The molecule has 2 aromatic rings. The largest absolute Gasteiger partial charge is 0.311 e. The van der Waals surface area contributed by atoms with Crippen LogP contribution in [0.2, 0.25) is 0 Å². The molecule has 8 heteroatoms. The topological polar surface area (TPSA) is 104 Å². The zero-order valence-corrected chi connectivity index (χ0v) is 16.1. The van der Waals surface area contributed by atoms with Gasteiger partial charge in [0.25, 0.3) is 0 Å². The Balaban J connectivity index is 2.27. The van der Waals surface area contributed by atoms with E-state index in [9.17, 15) is 14.4 Å². The number of amides is 3. The van der Waals surface area contributed by atoms with Crippen LogP contribution >= 0.6 is 0 Å². The Hall–Kier alpha value is -3.55. The first-order valence-corrected chi connectivity index (χ1v) is 8.82. The summed E-state index contributed by atoms with van der Waals surface area (Å²) < 4.78 is 0. The molecule has 28 heavy (non-hydrogen) atoms. The minimum atomic E-state index is -0.342. The van der Waals surface area contributed by atoms with Crippen molar-refractivity contribution in [3.63, 3.8) is 0 Å². The Bertz CT molecular complexity index is 985.